The molecule has 0 aliphatic carbocycles. The highest BCUT2D eigenvalue weighted by Crippen LogP contribution is 2.27. The normalized spacial score (nSPS) is 15.8. The van der Waals surface area contributed by atoms with E-state index in [9.17, 15) is 27.2 Å². The highest BCUT2D eigenvalue weighted by molar-refractivity contribution is 5.74. The highest BCUT2D eigenvalue weighted by Gasteiger charge is 2.48. The van der Waals surface area contributed by atoms with E-state index in [1.54, 1.807) is 0 Å². The van der Waals surface area contributed by atoms with Crippen LogP contribution in [0.15, 0.2) is 0 Å². The van der Waals surface area contributed by atoms with E-state index in [0.717, 1.165) is 7.05 Å². The van der Waals surface area contributed by atoms with Crippen LogP contribution in [0.25, 0.3) is 0 Å². The number of hydrogen-bond acceptors (Lipinski definition) is 3. The number of carbonyl (C=O) groups excluding carboxylic acids is 2. The van der Waals surface area contributed by atoms with Crippen molar-refractivity contribution in [1.29, 1.82) is 0 Å². The maximum absolute atomic E-state index is 13.0. The van der Waals surface area contributed by atoms with Crippen LogP contribution in [-0.4, -0.2) is 48.3 Å². The molecule has 0 rings (SSSR count). The van der Waals surface area contributed by atoms with Crippen molar-refractivity contribution in [1.82, 2.24) is 4.90 Å². The molecule has 0 aromatic heterocycles. The molecule has 0 spiro atoms. The number of amides is 1. The van der Waals surface area contributed by atoms with Gasteiger partial charge >= 0.3 is 12.3 Å². The molecular weight excluding hydrogens is 258 g/mol. The fourth-order valence-corrected chi connectivity index (χ4v) is 1.01. The third-order valence-corrected chi connectivity index (χ3v) is 1.88. The smallest absolute Gasteiger partial charge is 0.422 e. The van der Waals surface area contributed by atoms with E-state index in [1.165, 1.54) is 20.8 Å². The molecule has 0 aromatic carbocycles. The van der Waals surface area contributed by atoms with Crippen LogP contribution in [0.2, 0.25) is 0 Å². The number of halogens is 4. The summed E-state index contributed by atoms with van der Waals surface area (Å²) in [4.78, 5) is 22.2. The molecule has 0 aliphatic heterocycles. The minimum Gasteiger partial charge on any atom is -0.444 e. The number of carbonyl (C=O) groups is 2. The zero-order valence-electron chi connectivity index (χ0n) is 10.4. The van der Waals surface area contributed by atoms with E-state index in [1.807, 2.05) is 0 Å². The second-order valence-corrected chi connectivity index (χ2v) is 4.66. The summed E-state index contributed by atoms with van der Waals surface area (Å²) in [5, 5.41) is 0. The summed E-state index contributed by atoms with van der Waals surface area (Å²) < 4.78 is 54.2. The van der Waals surface area contributed by atoms with Crippen LogP contribution in [0.1, 0.15) is 20.8 Å². The van der Waals surface area contributed by atoms with Crippen LogP contribution >= 0.6 is 0 Å². The quantitative estimate of drug-likeness (QED) is 0.585. The molecule has 0 aliphatic rings. The monoisotopic (exact) mass is 273 g/mol. The van der Waals surface area contributed by atoms with Crippen LogP contribution in [0.5, 0.6) is 0 Å². The third kappa shape index (κ3) is 4.89. The zero-order valence-corrected chi connectivity index (χ0v) is 10.4. The molecule has 0 saturated heterocycles. The van der Waals surface area contributed by atoms with Gasteiger partial charge in [-0.05, 0) is 20.8 Å². The molecule has 4 nitrogen and oxygen atoms in total. The fraction of sp³-hybridized carbons (Fsp3) is 0.800. The van der Waals surface area contributed by atoms with Gasteiger partial charge in [-0.15, -0.1) is 0 Å². The summed E-state index contributed by atoms with van der Waals surface area (Å²) in [6.45, 7) is 4.47. The molecule has 0 heterocycles. The number of alkyl halides is 4. The molecule has 1 amide bonds. The Morgan fingerprint density at radius 3 is 2.00 bits per heavy atom. The topological polar surface area (TPSA) is 46.6 Å². The van der Waals surface area contributed by atoms with E-state index in [0.29, 0.717) is 0 Å². The Kier molecular flexibility index (Phi) is 5.12. The minimum absolute atomic E-state index is 0.276. The predicted molar refractivity (Wildman–Crippen MR) is 54.8 cm³/mol. The second kappa shape index (κ2) is 5.53. The molecule has 0 bridgehead atoms. The standard InChI is InChI=1S/C10H15F4NO3/c1-9(2,3)18-8(17)15(4)6(5-16)7(11)10(12,13)14/h5-7H,1-4H3. The molecule has 0 N–H and O–H groups in total. The number of rotatable bonds is 3. The maximum Gasteiger partial charge on any atom is 0.422 e. The van der Waals surface area contributed by atoms with Crippen molar-refractivity contribution in [3.63, 3.8) is 0 Å². The van der Waals surface area contributed by atoms with Gasteiger partial charge in [0.15, 0.2) is 0 Å². The van der Waals surface area contributed by atoms with Crippen molar-refractivity contribution < 1.29 is 31.9 Å². The molecule has 106 valence electrons. The lowest BCUT2D eigenvalue weighted by molar-refractivity contribution is -0.194. The molecule has 0 saturated carbocycles. The number of aldehydes is 1. The van der Waals surface area contributed by atoms with Crippen molar-refractivity contribution in [2.24, 2.45) is 0 Å². The molecule has 0 aromatic rings. The van der Waals surface area contributed by atoms with Gasteiger partial charge in [0.2, 0.25) is 6.17 Å². The molecule has 0 fully saturated rings. The predicted octanol–water partition coefficient (Wildman–Crippen LogP) is 2.32. The Balaban J connectivity index is 4.88. The van der Waals surface area contributed by atoms with Gasteiger partial charge in [0.25, 0.3) is 0 Å². The largest absolute Gasteiger partial charge is 0.444 e. The number of ether oxygens (including phenoxy) is 1. The average molecular weight is 273 g/mol. The van der Waals surface area contributed by atoms with Gasteiger partial charge in [-0.3, -0.25) is 4.90 Å². The summed E-state index contributed by atoms with van der Waals surface area (Å²) in [6.07, 6.45) is -10.1. The van der Waals surface area contributed by atoms with Crippen LogP contribution in [0.4, 0.5) is 22.4 Å². The van der Waals surface area contributed by atoms with Crippen molar-refractivity contribution in [2.45, 2.75) is 44.8 Å². The Hall–Kier alpha value is -1.34. The lowest BCUT2D eigenvalue weighted by Gasteiger charge is -2.30. The summed E-state index contributed by atoms with van der Waals surface area (Å²) in [5.74, 6) is 0. The minimum atomic E-state index is -5.22. The molecule has 8 heteroatoms. The summed E-state index contributed by atoms with van der Waals surface area (Å²) in [6, 6.07) is -2.26. The zero-order chi connectivity index (χ0) is 14.7. The number of nitrogens with zero attached hydrogens (tertiary/aromatic N) is 1. The Morgan fingerprint density at radius 2 is 1.72 bits per heavy atom. The molecule has 0 radical (unpaired) electrons. The van der Waals surface area contributed by atoms with E-state index < -0.39 is 30.1 Å². The molecular formula is C10H15F4NO3. The Morgan fingerprint density at radius 1 is 1.28 bits per heavy atom. The Bertz CT molecular complexity index is 311. The van der Waals surface area contributed by atoms with Gasteiger partial charge in [-0.25, -0.2) is 9.18 Å². The molecule has 2 unspecified atom stereocenters. The van der Waals surface area contributed by atoms with E-state index >= 15 is 0 Å². The van der Waals surface area contributed by atoms with Gasteiger partial charge in [-0.2, -0.15) is 13.2 Å². The van der Waals surface area contributed by atoms with Crippen LogP contribution in [0, 0.1) is 0 Å². The molecule has 18 heavy (non-hydrogen) atoms. The number of hydrogen-bond donors (Lipinski definition) is 0. The molecule has 2 atom stereocenters. The Labute approximate surface area is 102 Å². The van der Waals surface area contributed by atoms with Crippen molar-refractivity contribution >= 4 is 12.4 Å². The van der Waals surface area contributed by atoms with Crippen LogP contribution in [-0.2, 0) is 9.53 Å². The van der Waals surface area contributed by atoms with Crippen molar-refractivity contribution in [3.8, 4) is 0 Å². The number of likely N-dealkylation sites (N-methyl/N-ethyl adjacent to an activating group) is 1. The van der Waals surface area contributed by atoms with E-state index in [-0.39, 0.29) is 11.2 Å². The van der Waals surface area contributed by atoms with Crippen LogP contribution in [0.3, 0.4) is 0 Å². The maximum atomic E-state index is 13.0. The van der Waals surface area contributed by atoms with Gasteiger partial charge in [0.05, 0.1) is 0 Å². The van der Waals surface area contributed by atoms with Gasteiger partial charge in [0.1, 0.15) is 17.9 Å². The summed E-state index contributed by atoms with van der Waals surface area (Å²) in [5.41, 5.74) is -0.956. The van der Waals surface area contributed by atoms with E-state index in [4.69, 9.17) is 4.74 Å². The first kappa shape index (κ1) is 16.7. The van der Waals surface area contributed by atoms with E-state index in [2.05, 4.69) is 0 Å². The van der Waals surface area contributed by atoms with Gasteiger partial charge < -0.3 is 9.53 Å². The average Bonchev–Trinajstić information content (AvgIpc) is 2.14. The SMILES string of the molecule is CN(C(=O)OC(C)(C)C)C(C=O)C(F)C(F)(F)F. The first-order valence-electron chi connectivity index (χ1n) is 5.02. The van der Waals surface area contributed by atoms with Gasteiger partial charge in [0, 0.05) is 7.05 Å². The summed E-state index contributed by atoms with van der Waals surface area (Å²) >= 11 is 0. The highest BCUT2D eigenvalue weighted by atomic mass is 19.4. The lowest BCUT2D eigenvalue weighted by Crippen LogP contribution is -2.50. The first-order valence-corrected chi connectivity index (χ1v) is 5.02. The first-order chi connectivity index (χ1) is 7.90. The second-order valence-electron chi connectivity index (χ2n) is 4.66. The van der Waals surface area contributed by atoms with Crippen LogP contribution < -0.4 is 0 Å². The van der Waals surface area contributed by atoms with Crippen molar-refractivity contribution in [3.05, 3.63) is 0 Å². The third-order valence-electron chi connectivity index (χ3n) is 1.88. The van der Waals surface area contributed by atoms with Gasteiger partial charge in [-0.1, -0.05) is 0 Å². The lowest BCUT2D eigenvalue weighted by atomic mass is 10.1. The fourth-order valence-electron chi connectivity index (χ4n) is 1.01. The van der Waals surface area contributed by atoms with Crippen molar-refractivity contribution in [2.75, 3.05) is 7.05 Å². The summed E-state index contributed by atoms with van der Waals surface area (Å²) in [7, 11) is 0.867.